The van der Waals surface area contributed by atoms with Crippen LogP contribution in [0.25, 0.3) is 16.2 Å². The molecular weight excluding hydrogens is 196 g/mol. The second-order valence-electron chi connectivity index (χ2n) is 2.77. The van der Waals surface area contributed by atoms with Gasteiger partial charge in [0.15, 0.2) is 0 Å². The number of hydrogen-bond acceptors (Lipinski definition) is 2. The standard InChI is InChI=1S/C11H10S2/c12-7-2-5-9-3-1-4-10-6-8-13-11(9)10/h1-6,8,12H,7H2. The summed E-state index contributed by atoms with van der Waals surface area (Å²) >= 11 is 5.93. The number of benzene rings is 1. The van der Waals surface area contributed by atoms with Crippen molar-refractivity contribution in [1.82, 2.24) is 0 Å². The lowest BCUT2D eigenvalue weighted by Gasteiger charge is -1.94. The van der Waals surface area contributed by atoms with Crippen molar-refractivity contribution in [2.45, 2.75) is 0 Å². The molecule has 0 saturated heterocycles. The Kier molecular flexibility index (Phi) is 2.71. The van der Waals surface area contributed by atoms with Crippen LogP contribution >= 0.6 is 24.0 Å². The topological polar surface area (TPSA) is 0 Å². The first-order valence-electron chi connectivity index (χ1n) is 4.15. The van der Waals surface area contributed by atoms with E-state index in [2.05, 4.69) is 54.4 Å². The molecule has 0 unspecified atom stereocenters. The Morgan fingerprint density at radius 1 is 1.31 bits per heavy atom. The van der Waals surface area contributed by atoms with Gasteiger partial charge in [-0.3, -0.25) is 0 Å². The van der Waals surface area contributed by atoms with Crippen LogP contribution in [-0.4, -0.2) is 5.75 Å². The fourth-order valence-electron chi connectivity index (χ4n) is 1.33. The van der Waals surface area contributed by atoms with Crippen LogP contribution in [0, 0.1) is 0 Å². The molecule has 0 aliphatic carbocycles. The summed E-state index contributed by atoms with van der Waals surface area (Å²) in [7, 11) is 0. The van der Waals surface area contributed by atoms with Gasteiger partial charge in [0.05, 0.1) is 0 Å². The van der Waals surface area contributed by atoms with Gasteiger partial charge in [-0.05, 0) is 22.4 Å². The van der Waals surface area contributed by atoms with Crippen molar-refractivity contribution in [3.8, 4) is 0 Å². The molecule has 2 heteroatoms. The molecule has 1 heterocycles. The zero-order valence-electron chi connectivity index (χ0n) is 7.10. The van der Waals surface area contributed by atoms with E-state index in [1.165, 1.54) is 15.6 Å². The van der Waals surface area contributed by atoms with Gasteiger partial charge in [0.1, 0.15) is 0 Å². The van der Waals surface area contributed by atoms with E-state index >= 15 is 0 Å². The predicted octanol–water partition coefficient (Wildman–Crippen LogP) is 3.84. The first-order valence-corrected chi connectivity index (χ1v) is 5.66. The van der Waals surface area contributed by atoms with E-state index in [9.17, 15) is 0 Å². The number of hydrogen-bond donors (Lipinski definition) is 1. The van der Waals surface area contributed by atoms with Gasteiger partial charge in [0.25, 0.3) is 0 Å². The van der Waals surface area contributed by atoms with Crippen LogP contribution in [0.3, 0.4) is 0 Å². The highest BCUT2D eigenvalue weighted by atomic mass is 32.1. The van der Waals surface area contributed by atoms with Crippen LogP contribution in [0.1, 0.15) is 5.56 Å². The number of rotatable bonds is 2. The van der Waals surface area contributed by atoms with E-state index in [4.69, 9.17) is 0 Å². The minimum Gasteiger partial charge on any atom is -0.175 e. The molecule has 0 radical (unpaired) electrons. The Balaban J connectivity index is 2.54. The van der Waals surface area contributed by atoms with Gasteiger partial charge >= 0.3 is 0 Å². The maximum atomic E-state index is 4.15. The Morgan fingerprint density at radius 3 is 3.08 bits per heavy atom. The lowest BCUT2D eigenvalue weighted by Crippen LogP contribution is -1.71. The molecule has 1 aromatic heterocycles. The fraction of sp³-hybridized carbons (Fsp3) is 0.0909. The molecule has 0 spiro atoms. The Bertz CT molecular complexity index is 426. The predicted molar refractivity (Wildman–Crippen MR) is 64.7 cm³/mol. The Hall–Kier alpha value is -0.730. The fourth-order valence-corrected chi connectivity index (χ4v) is 2.33. The van der Waals surface area contributed by atoms with Crippen molar-refractivity contribution in [2.75, 3.05) is 5.75 Å². The van der Waals surface area contributed by atoms with E-state index in [-0.39, 0.29) is 0 Å². The summed E-state index contributed by atoms with van der Waals surface area (Å²) < 4.78 is 1.36. The van der Waals surface area contributed by atoms with Gasteiger partial charge < -0.3 is 0 Å². The van der Waals surface area contributed by atoms with Gasteiger partial charge in [-0.25, -0.2) is 0 Å². The van der Waals surface area contributed by atoms with Crippen LogP contribution in [0.15, 0.2) is 35.7 Å². The summed E-state index contributed by atoms with van der Waals surface area (Å²) in [5.41, 5.74) is 1.29. The minimum atomic E-state index is 0.793. The highest BCUT2D eigenvalue weighted by molar-refractivity contribution is 7.80. The molecule has 0 saturated carbocycles. The van der Waals surface area contributed by atoms with Crippen molar-refractivity contribution in [3.05, 3.63) is 41.3 Å². The highest BCUT2D eigenvalue weighted by Crippen LogP contribution is 2.25. The molecule has 1 aromatic carbocycles. The van der Waals surface area contributed by atoms with Crippen molar-refractivity contribution >= 4 is 40.1 Å². The summed E-state index contributed by atoms with van der Waals surface area (Å²) in [6.45, 7) is 0. The molecule has 0 aliphatic rings. The summed E-state index contributed by atoms with van der Waals surface area (Å²) in [4.78, 5) is 0. The normalized spacial score (nSPS) is 11.5. The van der Waals surface area contributed by atoms with E-state index in [1.54, 1.807) is 11.3 Å². The zero-order valence-corrected chi connectivity index (χ0v) is 8.81. The molecule has 0 N–H and O–H groups in total. The third-order valence-electron chi connectivity index (χ3n) is 1.91. The molecule has 13 heavy (non-hydrogen) atoms. The maximum absolute atomic E-state index is 4.15. The molecule has 2 rings (SSSR count). The van der Waals surface area contributed by atoms with Crippen molar-refractivity contribution in [1.29, 1.82) is 0 Å². The first kappa shape index (κ1) is 8.85. The summed E-state index contributed by atoms with van der Waals surface area (Å²) in [5.74, 6) is 0.793. The number of thiol groups is 1. The van der Waals surface area contributed by atoms with Crippen LogP contribution in [0.5, 0.6) is 0 Å². The lowest BCUT2D eigenvalue weighted by molar-refractivity contribution is 1.76. The smallest absolute Gasteiger partial charge is 0.0414 e. The molecule has 2 aromatic rings. The van der Waals surface area contributed by atoms with E-state index in [0.29, 0.717) is 0 Å². The maximum Gasteiger partial charge on any atom is 0.0414 e. The Labute approximate surface area is 87.3 Å². The average molecular weight is 206 g/mol. The largest absolute Gasteiger partial charge is 0.175 e. The first-order chi connectivity index (χ1) is 6.42. The quantitative estimate of drug-likeness (QED) is 0.709. The monoisotopic (exact) mass is 206 g/mol. The van der Waals surface area contributed by atoms with Gasteiger partial charge in [0, 0.05) is 10.5 Å². The van der Waals surface area contributed by atoms with Crippen molar-refractivity contribution in [2.24, 2.45) is 0 Å². The van der Waals surface area contributed by atoms with Gasteiger partial charge in [0.2, 0.25) is 0 Å². The summed E-state index contributed by atoms with van der Waals surface area (Å²) in [6, 6.07) is 8.52. The van der Waals surface area contributed by atoms with E-state index in [1.807, 2.05) is 0 Å². The molecular formula is C11H10S2. The minimum absolute atomic E-state index is 0.793. The van der Waals surface area contributed by atoms with Gasteiger partial charge in [-0.1, -0.05) is 30.4 Å². The number of thiophene rings is 1. The molecule has 0 nitrogen and oxygen atoms in total. The molecule has 0 amide bonds. The van der Waals surface area contributed by atoms with Crippen LogP contribution < -0.4 is 0 Å². The number of fused-ring (bicyclic) bond motifs is 1. The summed E-state index contributed by atoms with van der Waals surface area (Å²) in [5, 5.41) is 3.45. The Morgan fingerprint density at radius 2 is 2.23 bits per heavy atom. The lowest BCUT2D eigenvalue weighted by atomic mass is 10.1. The second kappa shape index (κ2) is 3.99. The molecule has 66 valence electrons. The molecule has 0 aliphatic heterocycles. The zero-order chi connectivity index (χ0) is 9.10. The van der Waals surface area contributed by atoms with Crippen LogP contribution in [-0.2, 0) is 0 Å². The van der Waals surface area contributed by atoms with E-state index in [0.717, 1.165) is 5.75 Å². The van der Waals surface area contributed by atoms with Crippen LogP contribution in [0.4, 0.5) is 0 Å². The third-order valence-corrected chi connectivity index (χ3v) is 3.10. The van der Waals surface area contributed by atoms with E-state index < -0.39 is 0 Å². The second-order valence-corrected chi connectivity index (χ2v) is 4.05. The van der Waals surface area contributed by atoms with Gasteiger partial charge in [-0.2, -0.15) is 12.6 Å². The summed E-state index contributed by atoms with van der Waals surface area (Å²) in [6.07, 6.45) is 4.20. The third kappa shape index (κ3) is 1.79. The average Bonchev–Trinajstić information content (AvgIpc) is 2.62. The van der Waals surface area contributed by atoms with Crippen molar-refractivity contribution in [3.63, 3.8) is 0 Å². The van der Waals surface area contributed by atoms with Crippen LogP contribution in [0.2, 0.25) is 0 Å². The van der Waals surface area contributed by atoms with Crippen molar-refractivity contribution < 1.29 is 0 Å². The highest BCUT2D eigenvalue weighted by Gasteiger charge is 1.97. The SMILES string of the molecule is SCC=Cc1cccc2ccsc12. The molecule has 0 fully saturated rings. The molecule has 0 atom stereocenters. The van der Waals surface area contributed by atoms with Gasteiger partial charge in [-0.15, -0.1) is 11.3 Å². The molecule has 0 bridgehead atoms.